The first-order chi connectivity index (χ1) is 10.1. The van der Waals surface area contributed by atoms with Crippen LogP contribution in [0.2, 0.25) is 0 Å². The van der Waals surface area contributed by atoms with Gasteiger partial charge in [0.25, 0.3) is 0 Å². The Bertz CT molecular complexity index is 410. The number of hydrogen-bond acceptors (Lipinski definition) is 3. The van der Waals surface area contributed by atoms with Crippen LogP contribution in [0, 0.1) is 0 Å². The maximum Gasteiger partial charge on any atom is 0.315 e. The third-order valence-corrected chi connectivity index (χ3v) is 4.71. The van der Waals surface area contributed by atoms with Gasteiger partial charge in [-0.1, -0.05) is 37.3 Å². The molecule has 0 saturated carbocycles. The van der Waals surface area contributed by atoms with Gasteiger partial charge in [-0.15, -0.1) is 0 Å². The molecule has 2 amide bonds. The highest BCUT2D eigenvalue weighted by molar-refractivity contribution is 7.99. The molecule has 3 N–H and O–H groups in total. The highest BCUT2D eigenvalue weighted by atomic mass is 32.2. The summed E-state index contributed by atoms with van der Waals surface area (Å²) < 4.78 is 0. The van der Waals surface area contributed by atoms with Crippen molar-refractivity contribution in [1.29, 1.82) is 0 Å². The lowest BCUT2D eigenvalue weighted by Gasteiger charge is -2.24. The number of nitrogens with one attached hydrogen (secondary N) is 2. The van der Waals surface area contributed by atoms with Crippen LogP contribution in [0.15, 0.2) is 30.3 Å². The molecule has 0 aliphatic carbocycles. The van der Waals surface area contributed by atoms with E-state index in [-0.39, 0.29) is 30.0 Å². The van der Waals surface area contributed by atoms with E-state index in [9.17, 15) is 9.90 Å². The molecule has 21 heavy (non-hydrogen) atoms. The molecule has 3 atom stereocenters. The van der Waals surface area contributed by atoms with E-state index in [1.165, 1.54) is 5.56 Å². The van der Waals surface area contributed by atoms with Gasteiger partial charge in [-0.25, -0.2) is 4.79 Å². The molecular weight excluding hydrogens is 284 g/mol. The van der Waals surface area contributed by atoms with Crippen molar-refractivity contribution in [3.63, 3.8) is 0 Å². The Labute approximate surface area is 131 Å². The van der Waals surface area contributed by atoms with Gasteiger partial charge in [0, 0.05) is 17.3 Å². The maximum atomic E-state index is 12.0. The van der Waals surface area contributed by atoms with E-state index in [1.54, 1.807) is 11.8 Å². The first-order valence-electron chi connectivity index (χ1n) is 7.35. The number of aliphatic hydroxyl groups is 1. The minimum Gasteiger partial charge on any atom is -0.395 e. The number of amides is 2. The summed E-state index contributed by atoms with van der Waals surface area (Å²) in [5.41, 5.74) is 1.22. The molecule has 5 heteroatoms. The summed E-state index contributed by atoms with van der Waals surface area (Å²) in [6.07, 6.45) is 3.63. The van der Waals surface area contributed by atoms with Crippen LogP contribution >= 0.6 is 11.8 Å². The maximum absolute atomic E-state index is 12.0. The summed E-state index contributed by atoms with van der Waals surface area (Å²) in [4.78, 5) is 12.0. The second kappa shape index (κ2) is 9.68. The summed E-state index contributed by atoms with van der Waals surface area (Å²) in [6, 6.07) is 10.0. The van der Waals surface area contributed by atoms with E-state index in [0.29, 0.717) is 0 Å². The molecule has 0 aliphatic rings. The fourth-order valence-electron chi connectivity index (χ4n) is 2.16. The van der Waals surface area contributed by atoms with Crippen LogP contribution in [0.1, 0.15) is 25.8 Å². The van der Waals surface area contributed by atoms with Crippen molar-refractivity contribution in [2.75, 3.05) is 12.9 Å². The van der Waals surface area contributed by atoms with E-state index in [4.69, 9.17) is 0 Å². The van der Waals surface area contributed by atoms with Crippen LogP contribution in [0.25, 0.3) is 0 Å². The molecular formula is C16H26N2O2S. The van der Waals surface area contributed by atoms with Crippen LogP contribution in [-0.4, -0.2) is 41.3 Å². The highest BCUT2D eigenvalue weighted by Crippen LogP contribution is 2.10. The number of urea groups is 1. The van der Waals surface area contributed by atoms with Gasteiger partial charge in [0.05, 0.1) is 6.61 Å². The van der Waals surface area contributed by atoms with Gasteiger partial charge in [0.2, 0.25) is 0 Å². The van der Waals surface area contributed by atoms with Crippen molar-refractivity contribution >= 4 is 17.8 Å². The van der Waals surface area contributed by atoms with Crippen molar-refractivity contribution in [3.8, 4) is 0 Å². The number of thioether (sulfide) groups is 1. The number of rotatable bonds is 8. The minimum absolute atomic E-state index is 0.0185. The molecule has 1 rings (SSSR count). The predicted octanol–water partition coefficient (Wildman–Crippen LogP) is 2.42. The molecule has 0 radical (unpaired) electrons. The third-order valence-electron chi connectivity index (χ3n) is 3.55. The zero-order valence-corrected chi connectivity index (χ0v) is 13.8. The van der Waals surface area contributed by atoms with Crippen molar-refractivity contribution < 1.29 is 9.90 Å². The second-order valence-electron chi connectivity index (χ2n) is 5.16. The Balaban J connectivity index is 2.47. The lowest BCUT2D eigenvalue weighted by Crippen LogP contribution is -2.49. The van der Waals surface area contributed by atoms with Gasteiger partial charge in [0.15, 0.2) is 0 Å². The molecule has 0 spiro atoms. The number of carbonyl (C=O) groups excluding carboxylic acids is 1. The van der Waals surface area contributed by atoms with E-state index < -0.39 is 0 Å². The van der Waals surface area contributed by atoms with Gasteiger partial charge in [-0.2, -0.15) is 11.8 Å². The Morgan fingerprint density at radius 2 is 1.95 bits per heavy atom. The molecule has 0 saturated heterocycles. The first kappa shape index (κ1) is 17.9. The standard InChI is InChI=1S/C16H26N2O2S/c1-4-14(10-13-8-6-5-7-9-13)18-16(20)17-12(2)15(11-19)21-3/h5-9,12,14-15,19H,4,10-11H2,1-3H3,(H2,17,18,20). The molecule has 4 nitrogen and oxygen atoms in total. The van der Waals surface area contributed by atoms with Crippen molar-refractivity contribution in [2.24, 2.45) is 0 Å². The smallest absolute Gasteiger partial charge is 0.315 e. The number of aliphatic hydroxyl groups excluding tert-OH is 1. The minimum atomic E-state index is -0.169. The Morgan fingerprint density at radius 3 is 2.48 bits per heavy atom. The third kappa shape index (κ3) is 6.40. The molecule has 118 valence electrons. The quantitative estimate of drug-likeness (QED) is 0.691. The van der Waals surface area contributed by atoms with Crippen LogP contribution in [0.3, 0.4) is 0 Å². The molecule has 0 aliphatic heterocycles. The zero-order valence-electron chi connectivity index (χ0n) is 13.0. The Kier molecular flexibility index (Phi) is 8.23. The monoisotopic (exact) mass is 310 g/mol. The van der Waals surface area contributed by atoms with E-state index in [2.05, 4.69) is 29.7 Å². The van der Waals surface area contributed by atoms with Crippen LogP contribution < -0.4 is 10.6 Å². The van der Waals surface area contributed by atoms with Gasteiger partial charge in [0.1, 0.15) is 0 Å². The van der Waals surface area contributed by atoms with Crippen molar-refractivity contribution in [1.82, 2.24) is 10.6 Å². The summed E-state index contributed by atoms with van der Waals surface area (Å²) in [5.74, 6) is 0. The first-order valence-corrected chi connectivity index (χ1v) is 8.64. The molecule has 0 fully saturated rings. The zero-order chi connectivity index (χ0) is 15.7. The lowest BCUT2D eigenvalue weighted by molar-refractivity contribution is 0.228. The lowest BCUT2D eigenvalue weighted by atomic mass is 10.0. The van der Waals surface area contributed by atoms with Gasteiger partial charge < -0.3 is 15.7 Å². The highest BCUT2D eigenvalue weighted by Gasteiger charge is 2.18. The molecule has 0 aromatic heterocycles. The van der Waals surface area contributed by atoms with Crippen LogP contribution in [0.4, 0.5) is 4.79 Å². The van der Waals surface area contributed by atoms with Crippen molar-refractivity contribution in [2.45, 2.75) is 44.0 Å². The molecule has 1 aromatic rings. The fourth-order valence-corrected chi connectivity index (χ4v) is 2.78. The largest absolute Gasteiger partial charge is 0.395 e. The fraction of sp³-hybridized carbons (Fsp3) is 0.562. The topological polar surface area (TPSA) is 61.4 Å². The Morgan fingerprint density at radius 1 is 1.29 bits per heavy atom. The van der Waals surface area contributed by atoms with E-state index in [0.717, 1.165) is 12.8 Å². The van der Waals surface area contributed by atoms with Gasteiger partial charge in [-0.05, 0) is 31.6 Å². The average molecular weight is 310 g/mol. The second-order valence-corrected chi connectivity index (χ2v) is 6.24. The van der Waals surface area contributed by atoms with Crippen molar-refractivity contribution in [3.05, 3.63) is 35.9 Å². The van der Waals surface area contributed by atoms with Crippen LogP contribution in [-0.2, 0) is 6.42 Å². The average Bonchev–Trinajstić information content (AvgIpc) is 2.48. The molecule has 3 unspecified atom stereocenters. The normalized spacial score (nSPS) is 15.0. The Hall–Kier alpha value is -1.20. The van der Waals surface area contributed by atoms with Gasteiger partial charge >= 0.3 is 6.03 Å². The van der Waals surface area contributed by atoms with Gasteiger partial charge in [-0.3, -0.25) is 0 Å². The van der Waals surface area contributed by atoms with E-state index >= 15 is 0 Å². The summed E-state index contributed by atoms with van der Waals surface area (Å²) in [6.45, 7) is 4.04. The van der Waals surface area contributed by atoms with Crippen LogP contribution in [0.5, 0.6) is 0 Å². The molecule has 0 heterocycles. The SMILES string of the molecule is CCC(Cc1ccccc1)NC(=O)NC(C)C(CO)SC. The van der Waals surface area contributed by atoms with E-state index in [1.807, 2.05) is 31.4 Å². The summed E-state index contributed by atoms with van der Waals surface area (Å²) in [7, 11) is 0. The predicted molar refractivity (Wildman–Crippen MR) is 89.7 cm³/mol. The number of benzene rings is 1. The number of carbonyl (C=O) groups is 1. The molecule has 0 bridgehead atoms. The summed E-state index contributed by atoms with van der Waals surface area (Å²) >= 11 is 1.55. The number of hydrogen-bond donors (Lipinski definition) is 3. The summed E-state index contributed by atoms with van der Waals surface area (Å²) in [5, 5.41) is 15.2. The molecule has 1 aromatic carbocycles.